The molecule has 1 amide bonds. The van der Waals surface area contributed by atoms with Crippen LogP contribution in [0, 0.1) is 11.8 Å². The highest BCUT2D eigenvalue weighted by Gasteiger charge is 2.34. The summed E-state index contributed by atoms with van der Waals surface area (Å²) in [5.41, 5.74) is 0.419. The number of carbonyl (C=O) groups is 2. The van der Waals surface area contributed by atoms with Crippen LogP contribution in [0.2, 0.25) is 0 Å². The van der Waals surface area contributed by atoms with E-state index in [1.165, 1.54) is 11.3 Å². The van der Waals surface area contributed by atoms with Crippen LogP contribution in [0.1, 0.15) is 41.2 Å². The Morgan fingerprint density at radius 1 is 1.41 bits per heavy atom. The van der Waals surface area contributed by atoms with Gasteiger partial charge in [0.05, 0.1) is 10.9 Å². The number of aliphatic carboxylic acids is 1. The van der Waals surface area contributed by atoms with Crippen LogP contribution in [0.25, 0.3) is 0 Å². The van der Waals surface area contributed by atoms with E-state index < -0.39 is 11.9 Å². The molecule has 1 aromatic heterocycles. The quantitative estimate of drug-likeness (QED) is 0.759. The van der Waals surface area contributed by atoms with Gasteiger partial charge < -0.3 is 15.7 Å². The van der Waals surface area contributed by atoms with Crippen LogP contribution in [0.4, 0.5) is 0 Å². The summed E-state index contributed by atoms with van der Waals surface area (Å²) in [5, 5.41) is 18.1. The Hall–Kier alpha value is -1.47. The molecule has 22 heavy (non-hydrogen) atoms. The minimum Gasteiger partial charge on any atom is -0.481 e. The fourth-order valence-corrected chi connectivity index (χ4v) is 4.21. The second-order valence-corrected chi connectivity index (χ2v) is 7.09. The van der Waals surface area contributed by atoms with Gasteiger partial charge in [-0.25, -0.2) is 4.98 Å². The molecule has 1 aromatic rings. The standard InChI is InChI=1S/C15H21N3O3S/c19-14(18-11-3-1-2-10(11)15(20)21)12-8-22-13(17-12)6-9-4-5-16-7-9/h8-11,16H,1-7H2,(H,18,19)(H,20,21). The van der Waals surface area contributed by atoms with Crippen LogP contribution < -0.4 is 10.6 Å². The van der Waals surface area contributed by atoms with Gasteiger partial charge in [-0.1, -0.05) is 6.42 Å². The molecule has 0 radical (unpaired) electrons. The average molecular weight is 323 g/mol. The third kappa shape index (κ3) is 3.47. The number of amides is 1. The number of carboxylic acids is 1. The van der Waals surface area contributed by atoms with Gasteiger partial charge in [-0.2, -0.15) is 0 Å². The van der Waals surface area contributed by atoms with Crippen molar-refractivity contribution in [3.63, 3.8) is 0 Å². The van der Waals surface area contributed by atoms with E-state index in [9.17, 15) is 9.59 Å². The second kappa shape index (κ2) is 6.75. The Morgan fingerprint density at radius 2 is 2.27 bits per heavy atom. The molecule has 7 heteroatoms. The van der Waals surface area contributed by atoms with Gasteiger partial charge in [-0.15, -0.1) is 11.3 Å². The number of hydrogen-bond acceptors (Lipinski definition) is 5. The van der Waals surface area contributed by atoms with Crippen molar-refractivity contribution in [1.82, 2.24) is 15.6 Å². The highest BCUT2D eigenvalue weighted by atomic mass is 32.1. The summed E-state index contributed by atoms with van der Waals surface area (Å²) < 4.78 is 0. The molecule has 2 fully saturated rings. The number of carboxylic acid groups (broad SMARTS) is 1. The Bertz CT molecular complexity index is 554. The fourth-order valence-electron chi connectivity index (χ4n) is 3.32. The van der Waals surface area contributed by atoms with Gasteiger partial charge in [0.15, 0.2) is 0 Å². The number of nitrogens with one attached hydrogen (secondary N) is 2. The lowest BCUT2D eigenvalue weighted by Gasteiger charge is -2.16. The zero-order chi connectivity index (χ0) is 15.5. The molecule has 1 aliphatic carbocycles. The van der Waals surface area contributed by atoms with E-state index >= 15 is 0 Å². The molecule has 3 unspecified atom stereocenters. The fraction of sp³-hybridized carbons (Fsp3) is 0.667. The summed E-state index contributed by atoms with van der Waals surface area (Å²) in [6, 6.07) is -0.269. The normalized spacial score (nSPS) is 27.9. The van der Waals surface area contributed by atoms with E-state index in [-0.39, 0.29) is 11.9 Å². The van der Waals surface area contributed by atoms with Crippen molar-refractivity contribution in [2.45, 2.75) is 38.1 Å². The molecule has 3 N–H and O–H groups in total. The summed E-state index contributed by atoms with van der Waals surface area (Å²) in [6.07, 6.45) is 4.28. The van der Waals surface area contributed by atoms with Crippen molar-refractivity contribution in [3.05, 3.63) is 16.1 Å². The predicted octanol–water partition coefficient (Wildman–Crippen LogP) is 1.28. The molecule has 1 aliphatic heterocycles. The lowest BCUT2D eigenvalue weighted by molar-refractivity contribution is -0.142. The van der Waals surface area contributed by atoms with Crippen molar-refractivity contribution in [3.8, 4) is 0 Å². The molecule has 6 nitrogen and oxygen atoms in total. The summed E-state index contributed by atoms with van der Waals surface area (Å²) >= 11 is 1.51. The van der Waals surface area contributed by atoms with Crippen molar-refractivity contribution < 1.29 is 14.7 Å². The van der Waals surface area contributed by atoms with Gasteiger partial charge in [0.2, 0.25) is 0 Å². The van der Waals surface area contributed by atoms with Crippen LogP contribution in [-0.2, 0) is 11.2 Å². The molecule has 0 bridgehead atoms. The maximum atomic E-state index is 12.2. The van der Waals surface area contributed by atoms with E-state index in [0.717, 1.165) is 43.8 Å². The van der Waals surface area contributed by atoms with Crippen molar-refractivity contribution >= 4 is 23.2 Å². The van der Waals surface area contributed by atoms with E-state index in [0.29, 0.717) is 18.0 Å². The molecule has 120 valence electrons. The Balaban J connectivity index is 1.58. The van der Waals surface area contributed by atoms with E-state index in [1.807, 2.05) is 0 Å². The lowest BCUT2D eigenvalue weighted by Crippen LogP contribution is -2.40. The highest BCUT2D eigenvalue weighted by molar-refractivity contribution is 7.09. The topological polar surface area (TPSA) is 91.3 Å². The maximum Gasteiger partial charge on any atom is 0.308 e. The average Bonchev–Trinajstić information content (AvgIpc) is 3.19. The summed E-state index contributed by atoms with van der Waals surface area (Å²) in [4.78, 5) is 27.8. The zero-order valence-corrected chi connectivity index (χ0v) is 13.2. The van der Waals surface area contributed by atoms with Gasteiger partial charge in [0, 0.05) is 17.8 Å². The SMILES string of the molecule is O=C(NC1CCCC1C(=O)O)c1csc(CC2CCNC2)n1. The smallest absolute Gasteiger partial charge is 0.308 e. The third-order valence-corrected chi connectivity index (χ3v) is 5.43. The van der Waals surface area contributed by atoms with Crippen molar-refractivity contribution in [2.24, 2.45) is 11.8 Å². The zero-order valence-electron chi connectivity index (χ0n) is 12.4. The van der Waals surface area contributed by atoms with E-state index in [2.05, 4.69) is 15.6 Å². The first-order valence-electron chi connectivity index (χ1n) is 7.82. The number of hydrogen-bond donors (Lipinski definition) is 3. The first-order valence-corrected chi connectivity index (χ1v) is 8.70. The Kier molecular flexibility index (Phi) is 4.73. The van der Waals surface area contributed by atoms with Gasteiger partial charge in [-0.05, 0) is 38.3 Å². The highest BCUT2D eigenvalue weighted by Crippen LogP contribution is 2.26. The molecule has 1 saturated carbocycles. The molecule has 0 spiro atoms. The lowest BCUT2D eigenvalue weighted by atomic mass is 10.0. The number of thiazole rings is 1. The molecular formula is C15H21N3O3S. The van der Waals surface area contributed by atoms with Gasteiger partial charge in [-0.3, -0.25) is 9.59 Å². The molecule has 2 heterocycles. The minimum atomic E-state index is -0.824. The number of aromatic nitrogens is 1. The molecule has 3 rings (SSSR count). The van der Waals surface area contributed by atoms with Crippen LogP contribution in [0.15, 0.2) is 5.38 Å². The summed E-state index contributed by atoms with van der Waals surface area (Å²) in [5.74, 6) is -0.930. The number of carbonyl (C=O) groups excluding carboxylic acids is 1. The monoisotopic (exact) mass is 323 g/mol. The van der Waals surface area contributed by atoms with Crippen molar-refractivity contribution in [1.29, 1.82) is 0 Å². The Morgan fingerprint density at radius 3 is 3.00 bits per heavy atom. The van der Waals surface area contributed by atoms with Crippen molar-refractivity contribution in [2.75, 3.05) is 13.1 Å². The van der Waals surface area contributed by atoms with Crippen LogP contribution in [0.3, 0.4) is 0 Å². The van der Waals surface area contributed by atoms with E-state index in [1.54, 1.807) is 5.38 Å². The molecular weight excluding hydrogens is 302 g/mol. The summed E-state index contributed by atoms with van der Waals surface area (Å²) in [6.45, 7) is 2.07. The van der Waals surface area contributed by atoms with Crippen LogP contribution in [-0.4, -0.2) is 41.1 Å². The number of rotatable bonds is 5. The first kappa shape index (κ1) is 15.4. The van der Waals surface area contributed by atoms with Gasteiger partial charge >= 0.3 is 5.97 Å². The largest absolute Gasteiger partial charge is 0.481 e. The third-order valence-electron chi connectivity index (χ3n) is 4.56. The number of nitrogens with zero attached hydrogens (tertiary/aromatic N) is 1. The minimum absolute atomic E-state index is 0.245. The van der Waals surface area contributed by atoms with Crippen LogP contribution >= 0.6 is 11.3 Å². The molecule has 0 aromatic carbocycles. The van der Waals surface area contributed by atoms with Gasteiger partial charge in [0.1, 0.15) is 5.69 Å². The maximum absolute atomic E-state index is 12.2. The summed E-state index contributed by atoms with van der Waals surface area (Å²) in [7, 11) is 0. The van der Waals surface area contributed by atoms with Gasteiger partial charge in [0.25, 0.3) is 5.91 Å². The predicted molar refractivity (Wildman–Crippen MR) is 83.0 cm³/mol. The second-order valence-electron chi connectivity index (χ2n) is 6.15. The molecule has 3 atom stereocenters. The molecule has 1 saturated heterocycles. The van der Waals surface area contributed by atoms with E-state index in [4.69, 9.17) is 5.11 Å². The first-order chi connectivity index (χ1) is 10.6. The van der Waals surface area contributed by atoms with Crippen LogP contribution in [0.5, 0.6) is 0 Å². The molecule has 2 aliphatic rings. The Labute approximate surface area is 133 Å².